The molecule has 1 rings (SSSR count). The van der Waals surface area contributed by atoms with Crippen molar-refractivity contribution in [3.63, 3.8) is 0 Å². The molecule has 0 radical (unpaired) electrons. The second-order valence-electron chi connectivity index (χ2n) is 4.10. The smallest absolute Gasteiger partial charge is 0.120 e. The Bertz CT molecular complexity index is 318. The van der Waals surface area contributed by atoms with E-state index < -0.39 is 0 Å². The van der Waals surface area contributed by atoms with Crippen LogP contribution in [0.1, 0.15) is 19.4 Å². The summed E-state index contributed by atoms with van der Waals surface area (Å²) in [4.78, 5) is 0. The first-order chi connectivity index (χ1) is 7.65. The van der Waals surface area contributed by atoms with E-state index in [-0.39, 0.29) is 6.10 Å². The van der Waals surface area contributed by atoms with E-state index in [0.29, 0.717) is 6.04 Å². The van der Waals surface area contributed by atoms with Gasteiger partial charge in [0.25, 0.3) is 0 Å². The summed E-state index contributed by atoms with van der Waals surface area (Å²) in [5, 5.41) is 3.22. The summed E-state index contributed by atoms with van der Waals surface area (Å²) in [5.41, 5.74) is 1.32. The van der Waals surface area contributed by atoms with Crippen LogP contribution in [0.25, 0.3) is 0 Å². The van der Waals surface area contributed by atoms with Gasteiger partial charge in [0.1, 0.15) is 11.9 Å². The second-order valence-corrected chi connectivity index (χ2v) is 4.10. The molecule has 1 aromatic rings. The van der Waals surface area contributed by atoms with Gasteiger partial charge in [-0.15, -0.1) is 0 Å². The Kier molecular flexibility index (Phi) is 5.06. The summed E-state index contributed by atoms with van der Waals surface area (Å²) in [6.45, 7) is 7.84. The topological polar surface area (TPSA) is 21.3 Å². The first kappa shape index (κ1) is 12.8. The number of hydrogen-bond donors (Lipinski definition) is 1. The van der Waals surface area contributed by atoms with Crippen LogP contribution < -0.4 is 10.1 Å². The lowest BCUT2D eigenvalue weighted by atomic mass is 10.1. The Morgan fingerprint density at radius 3 is 2.44 bits per heavy atom. The standard InChI is InChI=1S/C14H21NO/c1-5-12(3)16-14-8-6-13(7-9-14)10-11(2)15-4/h5-9,11-12,15H,1,10H2,2-4H3. The van der Waals surface area contributed by atoms with E-state index in [1.807, 2.05) is 26.1 Å². The number of hydrogen-bond acceptors (Lipinski definition) is 2. The van der Waals surface area contributed by atoms with E-state index in [9.17, 15) is 0 Å². The van der Waals surface area contributed by atoms with Gasteiger partial charge in [-0.1, -0.05) is 24.8 Å². The van der Waals surface area contributed by atoms with Crippen LogP contribution >= 0.6 is 0 Å². The Morgan fingerprint density at radius 2 is 1.94 bits per heavy atom. The van der Waals surface area contributed by atoms with Gasteiger partial charge in [0.15, 0.2) is 0 Å². The SMILES string of the molecule is C=CC(C)Oc1ccc(CC(C)NC)cc1. The number of rotatable bonds is 6. The molecule has 2 unspecified atom stereocenters. The highest BCUT2D eigenvalue weighted by atomic mass is 16.5. The average molecular weight is 219 g/mol. The maximum Gasteiger partial charge on any atom is 0.120 e. The summed E-state index contributed by atoms with van der Waals surface area (Å²) in [6.07, 6.45) is 2.88. The molecule has 0 aliphatic carbocycles. The Hall–Kier alpha value is -1.28. The third kappa shape index (κ3) is 4.07. The van der Waals surface area contributed by atoms with Crippen LogP contribution in [0.4, 0.5) is 0 Å². The van der Waals surface area contributed by atoms with Crippen LogP contribution in [-0.2, 0) is 6.42 Å². The van der Waals surface area contributed by atoms with Crippen LogP contribution in [0.15, 0.2) is 36.9 Å². The van der Waals surface area contributed by atoms with Crippen LogP contribution in [0, 0.1) is 0 Å². The molecule has 0 saturated carbocycles. The molecule has 1 aromatic carbocycles. The molecule has 0 aliphatic heterocycles. The van der Waals surface area contributed by atoms with Crippen molar-refractivity contribution < 1.29 is 4.74 Å². The summed E-state index contributed by atoms with van der Waals surface area (Å²) in [6, 6.07) is 8.74. The second kappa shape index (κ2) is 6.33. The van der Waals surface area contributed by atoms with Crippen molar-refractivity contribution in [1.82, 2.24) is 5.32 Å². The largest absolute Gasteiger partial charge is 0.487 e. The quantitative estimate of drug-likeness (QED) is 0.743. The molecule has 0 amide bonds. The summed E-state index contributed by atoms with van der Waals surface area (Å²) < 4.78 is 5.62. The summed E-state index contributed by atoms with van der Waals surface area (Å²) in [7, 11) is 1.98. The lowest BCUT2D eigenvalue weighted by molar-refractivity contribution is 0.270. The molecule has 2 nitrogen and oxygen atoms in total. The molecule has 2 heteroatoms. The molecule has 0 bridgehead atoms. The van der Waals surface area contributed by atoms with Crippen LogP contribution in [0.3, 0.4) is 0 Å². The maximum absolute atomic E-state index is 5.62. The molecule has 0 spiro atoms. The number of benzene rings is 1. The van der Waals surface area contributed by atoms with Gasteiger partial charge < -0.3 is 10.1 Å². The average Bonchev–Trinajstić information content (AvgIpc) is 2.31. The van der Waals surface area contributed by atoms with Crippen molar-refractivity contribution in [2.45, 2.75) is 32.4 Å². The van der Waals surface area contributed by atoms with Gasteiger partial charge in [-0.3, -0.25) is 0 Å². The number of ether oxygens (including phenoxy) is 1. The molecular formula is C14H21NO. The zero-order chi connectivity index (χ0) is 12.0. The first-order valence-electron chi connectivity index (χ1n) is 5.71. The molecule has 0 saturated heterocycles. The maximum atomic E-state index is 5.62. The van der Waals surface area contributed by atoms with Crippen LogP contribution in [-0.4, -0.2) is 19.2 Å². The minimum atomic E-state index is 0.0575. The first-order valence-corrected chi connectivity index (χ1v) is 5.71. The minimum Gasteiger partial charge on any atom is -0.487 e. The van der Waals surface area contributed by atoms with E-state index in [1.54, 1.807) is 6.08 Å². The Morgan fingerprint density at radius 1 is 1.31 bits per heavy atom. The summed E-state index contributed by atoms with van der Waals surface area (Å²) >= 11 is 0. The Balaban J connectivity index is 2.57. The molecule has 0 aliphatic rings. The van der Waals surface area contributed by atoms with Crippen molar-refractivity contribution in [2.75, 3.05) is 7.05 Å². The molecular weight excluding hydrogens is 198 g/mol. The van der Waals surface area contributed by atoms with Gasteiger partial charge in [-0.25, -0.2) is 0 Å². The fourth-order valence-corrected chi connectivity index (χ4v) is 1.42. The molecule has 0 aromatic heterocycles. The van der Waals surface area contributed by atoms with E-state index in [4.69, 9.17) is 4.74 Å². The van der Waals surface area contributed by atoms with Crippen LogP contribution in [0.2, 0.25) is 0 Å². The van der Waals surface area contributed by atoms with E-state index >= 15 is 0 Å². The molecule has 0 fully saturated rings. The monoisotopic (exact) mass is 219 g/mol. The number of nitrogens with one attached hydrogen (secondary N) is 1. The lowest BCUT2D eigenvalue weighted by Crippen LogP contribution is -2.23. The minimum absolute atomic E-state index is 0.0575. The van der Waals surface area contributed by atoms with E-state index in [0.717, 1.165) is 12.2 Å². The van der Waals surface area contributed by atoms with E-state index in [1.165, 1.54) is 5.56 Å². The predicted molar refractivity (Wildman–Crippen MR) is 69.0 cm³/mol. The third-order valence-corrected chi connectivity index (χ3v) is 2.61. The molecule has 2 atom stereocenters. The van der Waals surface area contributed by atoms with Gasteiger partial charge in [0, 0.05) is 6.04 Å². The van der Waals surface area contributed by atoms with Gasteiger partial charge in [-0.2, -0.15) is 0 Å². The summed E-state index contributed by atoms with van der Waals surface area (Å²) in [5.74, 6) is 0.897. The van der Waals surface area contributed by atoms with E-state index in [2.05, 4.69) is 31.0 Å². The number of likely N-dealkylation sites (N-methyl/N-ethyl adjacent to an activating group) is 1. The molecule has 88 valence electrons. The molecule has 16 heavy (non-hydrogen) atoms. The lowest BCUT2D eigenvalue weighted by Gasteiger charge is -2.12. The molecule has 1 N–H and O–H groups in total. The zero-order valence-electron chi connectivity index (χ0n) is 10.4. The van der Waals surface area contributed by atoms with Crippen molar-refractivity contribution in [1.29, 1.82) is 0 Å². The van der Waals surface area contributed by atoms with Crippen molar-refractivity contribution in [3.05, 3.63) is 42.5 Å². The Labute approximate surface area is 98.3 Å². The predicted octanol–water partition coefficient (Wildman–Crippen LogP) is 2.79. The fourth-order valence-electron chi connectivity index (χ4n) is 1.42. The van der Waals surface area contributed by atoms with Crippen molar-refractivity contribution >= 4 is 0 Å². The molecule has 0 heterocycles. The van der Waals surface area contributed by atoms with Crippen molar-refractivity contribution in [2.24, 2.45) is 0 Å². The van der Waals surface area contributed by atoms with Gasteiger partial charge in [0.2, 0.25) is 0 Å². The van der Waals surface area contributed by atoms with Gasteiger partial charge in [0.05, 0.1) is 0 Å². The fraction of sp³-hybridized carbons (Fsp3) is 0.429. The highest BCUT2D eigenvalue weighted by Crippen LogP contribution is 2.15. The zero-order valence-corrected chi connectivity index (χ0v) is 10.4. The highest BCUT2D eigenvalue weighted by Gasteiger charge is 2.02. The third-order valence-electron chi connectivity index (χ3n) is 2.61. The van der Waals surface area contributed by atoms with Crippen LogP contribution in [0.5, 0.6) is 5.75 Å². The van der Waals surface area contributed by atoms with Crippen molar-refractivity contribution in [3.8, 4) is 5.75 Å². The van der Waals surface area contributed by atoms with Gasteiger partial charge >= 0.3 is 0 Å². The highest BCUT2D eigenvalue weighted by molar-refractivity contribution is 5.28. The van der Waals surface area contributed by atoms with Gasteiger partial charge in [-0.05, 0) is 45.0 Å². The normalized spacial score (nSPS) is 14.2.